The zero-order valence-electron chi connectivity index (χ0n) is 22.7. The molecule has 4 unspecified atom stereocenters. The summed E-state index contributed by atoms with van der Waals surface area (Å²) in [6, 6.07) is -0.731. The number of amides is 4. The standard InChI is InChI=1S/C28H42N4O6S/c33-24(31-15-7-4-8-16-31)18-20-10-5-2-1-3-6-11-21-19-28(21,27(36)30-39(37,38)22-13-14-22)29-25(34)23-12-9-17-32(23)26(20)35/h6,11,20-23H,1-5,7-10,12-19H2,(H,29,34)(H,30,36). The van der Waals surface area contributed by atoms with Crippen molar-refractivity contribution >= 4 is 33.7 Å². The van der Waals surface area contributed by atoms with Crippen LogP contribution in [0.1, 0.15) is 89.9 Å². The second kappa shape index (κ2) is 11.6. The van der Waals surface area contributed by atoms with Crippen LogP contribution in [0.5, 0.6) is 0 Å². The number of allylic oxidation sites excluding steroid dienone is 1. The number of likely N-dealkylation sites (tertiary alicyclic amines) is 1. The number of carbonyl (C=O) groups excluding carboxylic acids is 4. The highest BCUT2D eigenvalue weighted by Gasteiger charge is 2.61. The van der Waals surface area contributed by atoms with Gasteiger partial charge < -0.3 is 15.1 Å². The van der Waals surface area contributed by atoms with Crippen molar-refractivity contribution in [3.8, 4) is 0 Å². The molecule has 0 aromatic heterocycles. The number of hydrogen-bond acceptors (Lipinski definition) is 6. The summed E-state index contributed by atoms with van der Waals surface area (Å²) in [6.45, 7) is 1.91. The predicted molar refractivity (Wildman–Crippen MR) is 145 cm³/mol. The van der Waals surface area contributed by atoms with Crippen LogP contribution in [0.25, 0.3) is 0 Å². The van der Waals surface area contributed by atoms with Crippen LogP contribution in [0.2, 0.25) is 0 Å². The molecule has 0 spiro atoms. The summed E-state index contributed by atoms with van der Waals surface area (Å²) >= 11 is 0. The van der Waals surface area contributed by atoms with Crippen molar-refractivity contribution in [3.05, 3.63) is 12.2 Å². The number of nitrogens with zero attached hydrogens (tertiary/aromatic N) is 2. The Morgan fingerprint density at radius 2 is 1.69 bits per heavy atom. The highest BCUT2D eigenvalue weighted by molar-refractivity contribution is 7.91. The third-order valence-electron chi connectivity index (χ3n) is 9.07. The van der Waals surface area contributed by atoms with Crippen molar-refractivity contribution in [2.45, 2.75) is 107 Å². The SMILES string of the molecule is O=C1NC2(C(=O)NS(=O)(=O)C3CC3)CC2C=CCCCCCC(CC(=O)N2CCCCC2)C(=O)N2CCCC12. The number of piperidine rings is 1. The van der Waals surface area contributed by atoms with Crippen molar-refractivity contribution in [1.29, 1.82) is 0 Å². The molecular weight excluding hydrogens is 520 g/mol. The molecule has 11 heteroatoms. The Morgan fingerprint density at radius 1 is 0.949 bits per heavy atom. The van der Waals surface area contributed by atoms with Gasteiger partial charge in [0.25, 0.3) is 5.91 Å². The van der Waals surface area contributed by atoms with Crippen molar-refractivity contribution in [2.75, 3.05) is 19.6 Å². The minimum Gasteiger partial charge on any atom is -0.343 e. The van der Waals surface area contributed by atoms with E-state index in [1.807, 2.05) is 17.1 Å². The Kier molecular flexibility index (Phi) is 8.35. The normalized spacial score (nSPS) is 32.4. The van der Waals surface area contributed by atoms with Gasteiger partial charge in [0.2, 0.25) is 27.7 Å². The molecule has 0 bridgehead atoms. The summed E-state index contributed by atoms with van der Waals surface area (Å²) in [7, 11) is -3.76. The lowest BCUT2D eigenvalue weighted by atomic mass is 9.94. The van der Waals surface area contributed by atoms with Gasteiger partial charge in [-0.25, -0.2) is 8.42 Å². The van der Waals surface area contributed by atoms with Crippen LogP contribution in [0.15, 0.2) is 12.2 Å². The van der Waals surface area contributed by atoms with E-state index in [0.29, 0.717) is 45.1 Å². The summed E-state index contributed by atoms with van der Waals surface area (Å²) in [5, 5.41) is 2.34. The quantitative estimate of drug-likeness (QED) is 0.493. The molecule has 4 fully saturated rings. The summed E-state index contributed by atoms with van der Waals surface area (Å²) < 4.78 is 27.2. The molecule has 5 aliphatic rings. The Morgan fingerprint density at radius 3 is 2.44 bits per heavy atom. The van der Waals surface area contributed by atoms with E-state index in [4.69, 9.17) is 0 Å². The molecule has 2 aliphatic carbocycles. The van der Waals surface area contributed by atoms with E-state index < -0.39 is 44.6 Å². The number of hydrogen-bond donors (Lipinski definition) is 2. The van der Waals surface area contributed by atoms with E-state index in [-0.39, 0.29) is 24.2 Å². The second-order valence-corrected chi connectivity index (χ2v) is 14.0. The van der Waals surface area contributed by atoms with E-state index in [9.17, 15) is 27.6 Å². The van der Waals surface area contributed by atoms with Crippen LogP contribution in [-0.4, -0.2) is 78.3 Å². The molecule has 39 heavy (non-hydrogen) atoms. The zero-order valence-corrected chi connectivity index (χ0v) is 23.6. The zero-order chi connectivity index (χ0) is 27.6. The van der Waals surface area contributed by atoms with Gasteiger partial charge in [-0.2, -0.15) is 0 Å². The summed E-state index contributed by atoms with van der Waals surface area (Å²) in [5.41, 5.74) is -1.32. The van der Waals surface area contributed by atoms with Crippen LogP contribution < -0.4 is 10.0 Å². The van der Waals surface area contributed by atoms with Gasteiger partial charge in [-0.05, 0) is 70.6 Å². The third-order valence-corrected chi connectivity index (χ3v) is 10.9. The molecule has 4 atom stereocenters. The molecular formula is C28H42N4O6S. The van der Waals surface area contributed by atoms with Gasteiger partial charge in [0, 0.05) is 37.9 Å². The van der Waals surface area contributed by atoms with Crippen molar-refractivity contribution in [2.24, 2.45) is 11.8 Å². The van der Waals surface area contributed by atoms with Gasteiger partial charge in [-0.3, -0.25) is 23.9 Å². The smallest absolute Gasteiger partial charge is 0.259 e. The fraction of sp³-hybridized carbons (Fsp3) is 0.786. The maximum absolute atomic E-state index is 13.8. The average Bonchev–Trinajstić information content (AvgIpc) is 3.83. The molecule has 0 aromatic carbocycles. The van der Waals surface area contributed by atoms with E-state index in [0.717, 1.165) is 58.0 Å². The largest absolute Gasteiger partial charge is 0.343 e. The van der Waals surface area contributed by atoms with E-state index >= 15 is 0 Å². The third kappa shape index (κ3) is 6.33. The molecule has 2 saturated heterocycles. The second-order valence-electron chi connectivity index (χ2n) is 12.0. The number of sulfonamides is 1. The molecule has 0 aromatic rings. The molecule has 2 N–H and O–H groups in total. The molecule has 5 rings (SSSR count). The highest BCUT2D eigenvalue weighted by atomic mass is 32.2. The van der Waals surface area contributed by atoms with Crippen molar-refractivity contribution < 1.29 is 27.6 Å². The number of carbonyl (C=O) groups is 4. The maximum atomic E-state index is 13.8. The molecule has 4 amide bonds. The van der Waals surface area contributed by atoms with Crippen LogP contribution in [0.3, 0.4) is 0 Å². The van der Waals surface area contributed by atoms with Crippen LogP contribution in [0, 0.1) is 11.8 Å². The monoisotopic (exact) mass is 562 g/mol. The first kappa shape index (κ1) is 28.1. The Bertz CT molecular complexity index is 1110. The van der Waals surface area contributed by atoms with Gasteiger partial charge in [-0.15, -0.1) is 0 Å². The number of fused-ring (bicyclic) bond motifs is 2. The maximum Gasteiger partial charge on any atom is 0.259 e. The Balaban J connectivity index is 1.33. The van der Waals surface area contributed by atoms with Gasteiger partial charge in [0.15, 0.2) is 0 Å². The lowest BCUT2D eigenvalue weighted by molar-refractivity contribution is -0.145. The fourth-order valence-corrected chi connectivity index (χ4v) is 7.75. The van der Waals surface area contributed by atoms with Gasteiger partial charge in [-0.1, -0.05) is 25.0 Å². The van der Waals surface area contributed by atoms with Gasteiger partial charge >= 0.3 is 0 Å². The molecule has 10 nitrogen and oxygen atoms in total. The van der Waals surface area contributed by atoms with Crippen LogP contribution in [-0.2, 0) is 29.2 Å². The lowest BCUT2D eigenvalue weighted by Gasteiger charge is -2.31. The first-order valence-electron chi connectivity index (χ1n) is 14.8. The Hall–Kier alpha value is -2.43. The first-order chi connectivity index (χ1) is 18.7. The predicted octanol–water partition coefficient (Wildman–Crippen LogP) is 2.00. The number of nitrogens with one attached hydrogen (secondary N) is 2. The summed E-state index contributed by atoms with van der Waals surface area (Å²) in [5.74, 6) is -2.02. The van der Waals surface area contributed by atoms with Gasteiger partial charge in [0.05, 0.1) is 5.25 Å². The lowest BCUT2D eigenvalue weighted by Crippen LogP contribution is -2.57. The van der Waals surface area contributed by atoms with E-state index in [2.05, 4.69) is 10.0 Å². The minimum absolute atomic E-state index is 0.0161. The molecule has 2 saturated carbocycles. The molecule has 0 radical (unpaired) electrons. The first-order valence-corrected chi connectivity index (χ1v) is 16.4. The molecule has 216 valence electrons. The molecule has 3 heterocycles. The minimum atomic E-state index is -3.76. The van der Waals surface area contributed by atoms with Crippen molar-refractivity contribution in [1.82, 2.24) is 19.8 Å². The van der Waals surface area contributed by atoms with Crippen LogP contribution in [0.4, 0.5) is 0 Å². The highest BCUT2D eigenvalue weighted by Crippen LogP contribution is 2.46. The number of rotatable bonds is 5. The Labute approximate surface area is 231 Å². The fourth-order valence-electron chi connectivity index (χ4n) is 6.39. The average molecular weight is 563 g/mol. The van der Waals surface area contributed by atoms with Crippen molar-refractivity contribution in [3.63, 3.8) is 0 Å². The summed E-state index contributed by atoms with van der Waals surface area (Å²) in [4.78, 5) is 57.2. The van der Waals surface area contributed by atoms with E-state index in [1.165, 1.54) is 0 Å². The molecule has 3 aliphatic heterocycles. The van der Waals surface area contributed by atoms with Crippen LogP contribution >= 0.6 is 0 Å². The topological polar surface area (TPSA) is 133 Å². The summed E-state index contributed by atoms with van der Waals surface area (Å²) in [6.07, 6.45) is 13.8. The van der Waals surface area contributed by atoms with Gasteiger partial charge in [0.1, 0.15) is 11.6 Å². The van der Waals surface area contributed by atoms with E-state index in [1.54, 1.807) is 4.90 Å².